The van der Waals surface area contributed by atoms with Crippen LogP contribution in [-0.2, 0) is 0 Å². The monoisotopic (exact) mass is 363 g/mol. The molecule has 0 aliphatic carbocycles. The number of amides is 2. The van der Waals surface area contributed by atoms with E-state index in [1.165, 1.54) is 11.0 Å². The maximum atomic E-state index is 12.4. The zero-order valence-corrected chi connectivity index (χ0v) is 15.3. The van der Waals surface area contributed by atoms with Gasteiger partial charge in [0.2, 0.25) is 0 Å². The molecule has 2 aromatic carbocycles. The average Bonchev–Trinajstić information content (AvgIpc) is 3.20. The molecular weight excluding hydrogens is 342 g/mol. The van der Waals surface area contributed by atoms with Crippen LogP contribution in [0.25, 0.3) is 5.69 Å². The summed E-state index contributed by atoms with van der Waals surface area (Å²) in [6.07, 6.45) is 1.42. The van der Waals surface area contributed by atoms with Crippen LogP contribution in [0.3, 0.4) is 0 Å². The number of nitrogens with zero attached hydrogens (tertiary/aromatic N) is 4. The fourth-order valence-electron chi connectivity index (χ4n) is 2.64. The molecule has 0 bridgehead atoms. The van der Waals surface area contributed by atoms with Gasteiger partial charge in [0, 0.05) is 24.3 Å². The lowest BCUT2D eigenvalue weighted by atomic mass is 10.1. The summed E-state index contributed by atoms with van der Waals surface area (Å²) in [5.74, 6) is -0.385. The summed E-state index contributed by atoms with van der Waals surface area (Å²) in [7, 11) is 0. The first-order valence-electron chi connectivity index (χ1n) is 8.80. The molecule has 2 amide bonds. The summed E-state index contributed by atoms with van der Waals surface area (Å²) in [5.41, 5.74) is 2.16. The number of hydrogen-bond donors (Lipinski definition) is 1. The Kier molecular flexibility index (Phi) is 5.61. The SMILES string of the molecule is CCN(CC)C(=O)c1ccc(NC(=O)c2cnn(-c3ccccc3)n2)cc1. The Morgan fingerprint density at radius 3 is 2.30 bits per heavy atom. The minimum atomic E-state index is -0.361. The Bertz CT molecular complexity index is 915. The number of hydrogen-bond acceptors (Lipinski definition) is 4. The van der Waals surface area contributed by atoms with Crippen LogP contribution in [0.15, 0.2) is 60.8 Å². The number of para-hydroxylation sites is 1. The lowest BCUT2D eigenvalue weighted by Crippen LogP contribution is -2.30. The van der Waals surface area contributed by atoms with Crippen LogP contribution in [0.5, 0.6) is 0 Å². The van der Waals surface area contributed by atoms with Crippen molar-refractivity contribution in [2.45, 2.75) is 13.8 Å². The second-order valence-electron chi connectivity index (χ2n) is 5.86. The summed E-state index contributed by atoms with van der Waals surface area (Å²) >= 11 is 0. The van der Waals surface area contributed by atoms with Gasteiger partial charge in [0.1, 0.15) is 0 Å². The normalized spacial score (nSPS) is 10.4. The van der Waals surface area contributed by atoms with Gasteiger partial charge in [-0.2, -0.15) is 9.90 Å². The van der Waals surface area contributed by atoms with Gasteiger partial charge in [-0.3, -0.25) is 9.59 Å². The highest BCUT2D eigenvalue weighted by molar-refractivity contribution is 6.03. The lowest BCUT2D eigenvalue weighted by Gasteiger charge is -2.18. The Labute approximate surface area is 157 Å². The van der Waals surface area contributed by atoms with Crippen molar-refractivity contribution in [2.75, 3.05) is 18.4 Å². The van der Waals surface area contributed by atoms with Crippen LogP contribution in [0.1, 0.15) is 34.7 Å². The van der Waals surface area contributed by atoms with Gasteiger partial charge in [0.05, 0.1) is 11.9 Å². The highest BCUT2D eigenvalue weighted by atomic mass is 16.2. The van der Waals surface area contributed by atoms with Crippen LogP contribution in [-0.4, -0.2) is 44.8 Å². The largest absolute Gasteiger partial charge is 0.339 e. The number of carbonyl (C=O) groups excluding carboxylic acids is 2. The van der Waals surface area contributed by atoms with Crippen LogP contribution >= 0.6 is 0 Å². The van der Waals surface area contributed by atoms with E-state index in [-0.39, 0.29) is 17.5 Å². The van der Waals surface area contributed by atoms with E-state index in [9.17, 15) is 9.59 Å². The summed E-state index contributed by atoms with van der Waals surface area (Å²) in [5, 5.41) is 11.1. The van der Waals surface area contributed by atoms with Crippen molar-refractivity contribution < 1.29 is 9.59 Å². The van der Waals surface area contributed by atoms with E-state index in [0.29, 0.717) is 24.3 Å². The van der Waals surface area contributed by atoms with Crippen molar-refractivity contribution in [3.05, 3.63) is 72.1 Å². The molecule has 0 fully saturated rings. The number of aromatic nitrogens is 3. The first-order chi connectivity index (χ1) is 13.1. The van der Waals surface area contributed by atoms with Crippen LogP contribution in [0.4, 0.5) is 5.69 Å². The molecule has 3 aromatic rings. The van der Waals surface area contributed by atoms with Crippen molar-refractivity contribution in [3.63, 3.8) is 0 Å². The molecule has 0 spiro atoms. The molecule has 1 N–H and O–H groups in total. The Balaban J connectivity index is 1.68. The van der Waals surface area contributed by atoms with Crippen LogP contribution in [0.2, 0.25) is 0 Å². The molecule has 138 valence electrons. The fraction of sp³-hybridized carbons (Fsp3) is 0.200. The maximum absolute atomic E-state index is 12.4. The summed E-state index contributed by atoms with van der Waals surface area (Å²) in [6, 6.07) is 16.2. The van der Waals surface area contributed by atoms with Gasteiger partial charge in [-0.15, -0.1) is 5.10 Å². The molecular formula is C20H21N5O2. The molecule has 0 atom stereocenters. The molecule has 0 radical (unpaired) electrons. The van der Waals surface area contributed by atoms with Gasteiger partial charge in [-0.05, 0) is 50.2 Å². The molecule has 1 aromatic heterocycles. The van der Waals surface area contributed by atoms with Crippen molar-refractivity contribution in [2.24, 2.45) is 0 Å². The first-order valence-corrected chi connectivity index (χ1v) is 8.80. The second kappa shape index (κ2) is 8.27. The molecule has 7 nitrogen and oxygen atoms in total. The van der Waals surface area contributed by atoms with Gasteiger partial charge in [-0.1, -0.05) is 18.2 Å². The Morgan fingerprint density at radius 1 is 1.00 bits per heavy atom. The van der Waals surface area contributed by atoms with E-state index in [1.54, 1.807) is 29.2 Å². The molecule has 0 saturated carbocycles. The molecule has 3 rings (SSSR count). The summed E-state index contributed by atoms with van der Waals surface area (Å²) in [6.45, 7) is 5.20. The molecule has 0 unspecified atom stereocenters. The summed E-state index contributed by atoms with van der Waals surface area (Å²) < 4.78 is 0. The quantitative estimate of drug-likeness (QED) is 0.730. The summed E-state index contributed by atoms with van der Waals surface area (Å²) in [4.78, 5) is 27.8. The van der Waals surface area contributed by atoms with E-state index >= 15 is 0 Å². The number of benzene rings is 2. The predicted octanol–water partition coefficient (Wildman–Crippen LogP) is 3.00. The van der Waals surface area contributed by atoms with Gasteiger partial charge in [0.25, 0.3) is 11.8 Å². The van der Waals surface area contributed by atoms with E-state index in [2.05, 4.69) is 15.5 Å². The average molecular weight is 363 g/mol. The van der Waals surface area contributed by atoms with Crippen molar-refractivity contribution in [1.29, 1.82) is 0 Å². The molecule has 27 heavy (non-hydrogen) atoms. The highest BCUT2D eigenvalue weighted by Gasteiger charge is 2.14. The van der Waals surface area contributed by atoms with Gasteiger partial charge in [-0.25, -0.2) is 0 Å². The maximum Gasteiger partial charge on any atom is 0.277 e. The molecule has 1 heterocycles. The van der Waals surface area contributed by atoms with E-state index in [4.69, 9.17) is 0 Å². The second-order valence-corrected chi connectivity index (χ2v) is 5.86. The number of rotatable bonds is 6. The molecule has 0 aliphatic heterocycles. The lowest BCUT2D eigenvalue weighted by molar-refractivity contribution is 0.0773. The predicted molar refractivity (Wildman–Crippen MR) is 103 cm³/mol. The zero-order chi connectivity index (χ0) is 19.2. The Hall–Kier alpha value is -3.48. The topological polar surface area (TPSA) is 80.1 Å². The third kappa shape index (κ3) is 4.20. The van der Waals surface area contributed by atoms with Crippen molar-refractivity contribution in [3.8, 4) is 5.69 Å². The fourth-order valence-corrected chi connectivity index (χ4v) is 2.64. The van der Waals surface area contributed by atoms with Gasteiger partial charge >= 0.3 is 0 Å². The third-order valence-electron chi connectivity index (χ3n) is 4.15. The highest BCUT2D eigenvalue weighted by Crippen LogP contribution is 2.13. The van der Waals surface area contributed by atoms with Gasteiger partial charge < -0.3 is 10.2 Å². The Morgan fingerprint density at radius 2 is 1.67 bits per heavy atom. The molecule has 0 aliphatic rings. The molecule has 0 saturated heterocycles. The zero-order valence-electron chi connectivity index (χ0n) is 15.3. The van der Waals surface area contributed by atoms with E-state index in [0.717, 1.165) is 5.69 Å². The van der Waals surface area contributed by atoms with E-state index < -0.39 is 0 Å². The van der Waals surface area contributed by atoms with Crippen LogP contribution < -0.4 is 5.32 Å². The van der Waals surface area contributed by atoms with Gasteiger partial charge in [0.15, 0.2) is 5.69 Å². The minimum absolute atomic E-state index is 0.0244. The smallest absolute Gasteiger partial charge is 0.277 e. The van der Waals surface area contributed by atoms with Crippen molar-refractivity contribution in [1.82, 2.24) is 19.9 Å². The number of carbonyl (C=O) groups is 2. The number of nitrogens with one attached hydrogen (secondary N) is 1. The van der Waals surface area contributed by atoms with Crippen LogP contribution in [0, 0.1) is 0 Å². The molecule has 7 heteroatoms. The minimum Gasteiger partial charge on any atom is -0.339 e. The number of anilines is 1. The standard InChI is InChI=1S/C20H21N5O2/c1-3-24(4-2)20(27)15-10-12-16(13-11-15)22-19(26)18-14-21-25(23-18)17-8-6-5-7-9-17/h5-14H,3-4H2,1-2H3,(H,22,26). The third-order valence-corrected chi connectivity index (χ3v) is 4.15. The first kappa shape index (κ1) is 18.3. The van der Waals surface area contributed by atoms with Crippen molar-refractivity contribution >= 4 is 17.5 Å². The van der Waals surface area contributed by atoms with E-state index in [1.807, 2.05) is 44.2 Å².